The second-order valence-electron chi connectivity index (χ2n) is 9.04. The normalized spacial score (nSPS) is 32.9. The van der Waals surface area contributed by atoms with Crippen LogP contribution in [0.5, 0.6) is 0 Å². The van der Waals surface area contributed by atoms with Gasteiger partial charge in [0.25, 0.3) is 5.56 Å². The Labute approximate surface area is 232 Å². The lowest BCUT2D eigenvalue weighted by molar-refractivity contribution is -0.249. The molecule has 2 saturated heterocycles. The number of phosphoric ester groups is 1. The van der Waals surface area contributed by atoms with Gasteiger partial charge < -0.3 is 39.9 Å². The summed E-state index contributed by atoms with van der Waals surface area (Å²) < 4.78 is 38.7. The van der Waals surface area contributed by atoms with E-state index in [2.05, 4.69) is 24.6 Å². The van der Waals surface area contributed by atoms with E-state index in [9.17, 15) is 44.1 Å². The summed E-state index contributed by atoms with van der Waals surface area (Å²) in [6.07, 6.45) is -8.18. The van der Waals surface area contributed by atoms with Crippen molar-refractivity contribution in [3.8, 4) is 0 Å². The first-order valence-corrected chi connectivity index (χ1v) is 14.8. The van der Waals surface area contributed by atoms with Gasteiger partial charge in [-0.15, -0.1) is 4.31 Å². The zero-order valence-corrected chi connectivity index (χ0v) is 23.2. The molecule has 0 aromatic carbocycles. The highest BCUT2D eigenvalue weighted by Crippen LogP contribution is 2.63. The summed E-state index contributed by atoms with van der Waals surface area (Å²) in [5, 5.41) is 35.3. The summed E-state index contributed by atoms with van der Waals surface area (Å²) in [4.78, 5) is 63.0. The van der Waals surface area contributed by atoms with E-state index in [1.54, 1.807) is 0 Å². The predicted octanol–water partition coefficient (Wildman–Crippen LogP) is -2.89. The third kappa shape index (κ3) is 8.42. The van der Waals surface area contributed by atoms with E-state index in [0.717, 1.165) is 11.5 Å². The van der Waals surface area contributed by atoms with Crippen molar-refractivity contribution >= 4 is 29.1 Å². The van der Waals surface area contributed by atoms with Crippen LogP contribution in [0.2, 0.25) is 0 Å². The quantitative estimate of drug-likeness (QED) is 0.0474. The molecule has 0 aliphatic carbocycles. The van der Waals surface area contributed by atoms with Gasteiger partial charge >= 0.3 is 21.1 Å². The van der Waals surface area contributed by atoms with Gasteiger partial charge in [-0.2, -0.15) is 0 Å². The summed E-state index contributed by atoms with van der Waals surface area (Å²) in [7, 11) is -5.01. The molecule has 226 valence electrons. The van der Waals surface area contributed by atoms with Crippen molar-refractivity contribution in [2.45, 2.75) is 69.3 Å². The molecular weight excluding hydrogens is 597 g/mol. The molecule has 41 heavy (non-hydrogen) atoms. The van der Waals surface area contributed by atoms with Crippen LogP contribution in [0.1, 0.15) is 25.1 Å². The molecule has 3 heterocycles. The van der Waals surface area contributed by atoms with E-state index in [1.807, 2.05) is 0 Å². The van der Waals surface area contributed by atoms with E-state index in [-0.39, 0.29) is 12.0 Å². The minimum Gasteiger partial charge on any atom is -0.646 e. The lowest BCUT2D eigenvalue weighted by atomic mass is 9.97. The number of nitrogens with zero attached hydrogens (tertiary/aromatic N) is 4. The van der Waals surface area contributed by atoms with Crippen molar-refractivity contribution in [2.24, 2.45) is 5.11 Å². The first kappa shape index (κ1) is 33.3. The van der Waals surface area contributed by atoms with E-state index in [0.29, 0.717) is 0 Å². The van der Waals surface area contributed by atoms with Crippen LogP contribution in [0, 0.1) is 6.92 Å². The molecular formula is C18H27BN6O14P2. The third-order valence-electron chi connectivity index (χ3n) is 5.98. The Hall–Kier alpha value is -2.22. The van der Waals surface area contributed by atoms with E-state index in [4.69, 9.17) is 31.6 Å². The maximum atomic E-state index is 12.7. The molecule has 2 aliphatic heterocycles. The average Bonchev–Trinajstić information content (AvgIpc) is 3.26. The van der Waals surface area contributed by atoms with Gasteiger partial charge in [0.2, 0.25) is 5.91 Å². The Bertz CT molecular complexity index is 1320. The summed E-state index contributed by atoms with van der Waals surface area (Å²) in [6, 6.07) is -2.64. The Morgan fingerprint density at radius 3 is 2.68 bits per heavy atom. The summed E-state index contributed by atoms with van der Waals surface area (Å²) >= 11 is 0. The first-order valence-electron chi connectivity index (χ1n) is 11.7. The highest BCUT2D eigenvalue weighted by Gasteiger charge is 2.50. The number of aliphatic hydroxyl groups is 3. The Balaban J connectivity index is 1.69. The fraction of sp³-hybridized carbons (Fsp3) is 0.722. The molecule has 1 aromatic rings. The van der Waals surface area contributed by atoms with Crippen LogP contribution in [0.25, 0.3) is 10.4 Å². The molecule has 0 spiro atoms. The van der Waals surface area contributed by atoms with Crippen LogP contribution in [-0.4, -0.2) is 99.2 Å². The molecule has 2 radical (unpaired) electrons. The molecule has 0 saturated carbocycles. The molecule has 1 aromatic heterocycles. The van der Waals surface area contributed by atoms with E-state index >= 15 is 0 Å². The van der Waals surface area contributed by atoms with Crippen LogP contribution >= 0.6 is 15.6 Å². The van der Waals surface area contributed by atoms with Gasteiger partial charge in [-0.05, 0) is 12.5 Å². The van der Waals surface area contributed by atoms with Crippen molar-refractivity contribution < 1.29 is 57.3 Å². The number of H-pyrrole nitrogens is 1. The minimum atomic E-state index is -5.48. The smallest absolute Gasteiger partial charge is 0.508 e. The lowest BCUT2D eigenvalue weighted by Gasteiger charge is -2.42. The van der Waals surface area contributed by atoms with Gasteiger partial charge in [-0.3, -0.25) is 23.7 Å². The maximum absolute atomic E-state index is 12.7. The number of hydrogen-bond donors (Lipinski definition) is 6. The van der Waals surface area contributed by atoms with Gasteiger partial charge in [0.1, 0.15) is 37.2 Å². The third-order valence-corrected chi connectivity index (χ3v) is 8.70. The molecule has 20 nitrogen and oxygen atoms in total. The number of rotatable bonds is 11. The number of ether oxygens (including phenoxy) is 2. The topological polar surface area (TPSA) is 300 Å². The largest absolute Gasteiger partial charge is 0.646 e. The molecule has 1 amide bonds. The Kier molecular flexibility index (Phi) is 10.9. The van der Waals surface area contributed by atoms with Gasteiger partial charge in [0.15, 0.2) is 14.1 Å². The number of hydrogen-bond acceptors (Lipinski definition) is 14. The zero-order valence-electron chi connectivity index (χ0n) is 21.4. The highest BCUT2D eigenvalue weighted by atomic mass is 31.3. The first-order chi connectivity index (χ1) is 19.1. The molecule has 23 heteroatoms. The van der Waals surface area contributed by atoms with Gasteiger partial charge in [-0.25, -0.2) is 13.9 Å². The van der Waals surface area contributed by atoms with E-state index in [1.165, 1.54) is 13.1 Å². The second-order valence-corrected chi connectivity index (χ2v) is 12.2. The molecule has 3 rings (SSSR count). The Morgan fingerprint density at radius 2 is 2.07 bits per heavy atom. The number of aliphatic hydroxyl groups excluding tert-OH is 3. The second kappa shape index (κ2) is 13.4. The van der Waals surface area contributed by atoms with Gasteiger partial charge in [0.05, 0.1) is 18.8 Å². The van der Waals surface area contributed by atoms with Crippen LogP contribution < -0.4 is 21.5 Å². The fourth-order valence-electron chi connectivity index (χ4n) is 4.08. The highest BCUT2D eigenvalue weighted by molar-refractivity contribution is 7.87. The van der Waals surface area contributed by atoms with Gasteiger partial charge in [-0.1, -0.05) is 5.11 Å². The van der Waals surface area contributed by atoms with Crippen LogP contribution in [0.4, 0.5) is 0 Å². The summed E-state index contributed by atoms with van der Waals surface area (Å²) in [5.41, 5.74) is 7.63. The standard InChI is InChI=1S/C18H27BN6O14P2/c1-7-4-25(18(31)22-16(7)30)12-3-9(23-24-20)11(36-12)6-35-40(19,32)39-41(33,34)38-17-13(21-8(2)27)15(29)14(28)10(5-26)37-17/h4,9-15,17,26,28-29H,3,5-6H2,1-2H3,(H,21,27)(H,33,34)(H,22,30,31)/t9-,10+,11+,12+,13+,14+,15+,17+,40?/m0/s1. The van der Waals surface area contributed by atoms with Crippen LogP contribution in [0.3, 0.4) is 0 Å². The molecule has 10 atom stereocenters. The lowest BCUT2D eigenvalue weighted by Crippen LogP contribution is -2.64. The minimum absolute atomic E-state index is 0.0788. The number of aryl methyl sites for hydroxylation is 1. The number of azide groups is 1. The molecule has 2 fully saturated rings. The summed E-state index contributed by atoms with van der Waals surface area (Å²) in [5.74, 6) is -0.758. The fourth-order valence-corrected chi connectivity index (χ4v) is 6.37. The van der Waals surface area contributed by atoms with Crippen molar-refractivity contribution in [3.63, 3.8) is 0 Å². The number of aromatic nitrogens is 2. The Morgan fingerprint density at radius 1 is 1.39 bits per heavy atom. The van der Waals surface area contributed by atoms with E-state index < -0.39 is 95.0 Å². The number of amides is 1. The molecule has 6 N–H and O–H groups in total. The van der Waals surface area contributed by atoms with Crippen molar-refractivity contribution in [2.75, 3.05) is 13.2 Å². The number of carbonyl (C=O) groups is 1. The maximum Gasteiger partial charge on any atom is 0.508 e. The van der Waals surface area contributed by atoms with Crippen molar-refractivity contribution in [1.82, 2.24) is 14.9 Å². The molecule has 2 aliphatic rings. The van der Waals surface area contributed by atoms with Crippen molar-refractivity contribution in [3.05, 3.63) is 43.0 Å². The number of aromatic amines is 1. The molecule has 2 unspecified atom stereocenters. The van der Waals surface area contributed by atoms with Crippen LogP contribution in [0.15, 0.2) is 20.9 Å². The molecule has 0 bridgehead atoms. The SMILES string of the molecule is [B][P+]([O-])(OC[C@H]1O[C@@H](n2cc(C)c(=O)[nH]c2=O)C[C@@H]1N=[N+]=[N-])OP(=O)(O)O[C@H]1O[C@H](CO)[C@@H](O)[C@H](O)[C@H]1NC(C)=O. The number of phosphoric acid groups is 1. The van der Waals surface area contributed by atoms with Crippen LogP contribution in [-0.2, 0) is 32.2 Å². The van der Waals surface area contributed by atoms with Gasteiger partial charge in [0, 0.05) is 30.0 Å². The average molecular weight is 624 g/mol. The zero-order chi connectivity index (χ0) is 30.7. The predicted molar refractivity (Wildman–Crippen MR) is 134 cm³/mol. The van der Waals surface area contributed by atoms with Crippen molar-refractivity contribution in [1.29, 1.82) is 0 Å². The monoisotopic (exact) mass is 624 g/mol. The summed E-state index contributed by atoms with van der Waals surface area (Å²) in [6.45, 7) is 0.867. The number of carbonyl (C=O) groups excluding carboxylic acids is 1. The number of nitrogens with one attached hydrogen (secondary N) is 2.